The number of hydrogen-bond acceptors (Lipinski definition) is 2. The fraction of sp³-hybridized carbons (Fsp3) is 0.143. The molecule has 0 unspecified atom stereocenters. The molecule has 0 saturated carbocycles. The number of benzene rings is 2. The first-order valence-corrected chi connectivity index (χ1v) is 5.32. The molecule has 0 aliphatic carbocycles. The molecular weight excluding hydrogens is 234 g/mol. The van der Waals surface area contributed by atoms with Crippen LogP contribution in [0.3, 0.4) is 0 Å². The summed E-state index contributed by atoms with van der Waals surface area (Å²) in [5.74, 6) is 0.301. The molecule has 17 heavy (non-hydrogen) atoms. The zero-order valence-electron chi connectivity index (χ0n) is 9.68. The van der Waals surface area contributed by atoms with Crippen LogP contribution >= 0.6 is 12.4 Å². The van der Waals surface area contributed by atoms with Gasteiger partial charge in [-0.1, -0.05) is 36.4 Å². The number of aromatic hydroxyl groups is 1. The van der Waals surface area contributed by atoms with Crippen LogP contribution in [0.25, 0.3) is 11.1 Å². The summed E-state index contributed by atoms with van der Waals surface area (Å²) in [5.41, 5.74) is 3.55. The molecule has 0 fully saturated rings. The number of hydrogen-bond donors (Lipinski definition) is 2. The van der Waals surface area contributed by atoms with E-state index in [-0.39, 0.29) is 12.4 Å². The van der Waals surface area contributed by atoms with E-state index < -0.39 is 0 Å². The van der Waals surface area contributed by atoms with E-state index in [4.69, 9.17) is 0 Å². The van der Waals surface area contributed by atoms with Crippen molar-refractivity contribution in [3.63, 3.8) is 0 Å². The Balaban J connectivity index is 0.00000144. The Morgan fingerprint density at radius 3 is 1.82 bits per heavy atom. The summed E-state index contributed by atoms with van der Waals surface area (Å²) in [6.45, 7) is 0.885. The highest BCUT2D eigenvalue weighted by Gasteiger charge is 1.97. The quantitative estimate of drug-likeness (QED) is 0.876. The minimum atomic E-state index is 0. The normalized spacial score (nSPS) is 9.71. The molecule has 2 aromatic carbocycles. The van der Waals surface area contributed by atoms with E-state index in [0.717, 1.165) is 12.1 Å². The predicted molar refractivity (Wildman–Crippen MR) is 73.6 cm³/mol. The van der Waals surface area contributed by atoms with Crippen molar-refractivity contribution in [3.05, 3.63) is 54.1 Å². The summed E-state index contributed by atoms with van der Waals surface area (Å²) in [6, 6.07) is 15.7. The highest BCUT2D eigenvalue weighted by atomic mass is 35.5. The zero-order chi connectivity index (χ0) is 11.4. The van der Waals surface area contributed by atoms with Crippen LogP contribution in [0.15, 0.2) is 48.5 Å². The molecule has 0 radical (unpaired) electrons. The number of rotatable bonds is 3. The molecule has 0 atom stereocenters. The molecule has 90 valence electrons. The molecule has 0 spiro atoms. The zero-order valence-corrected chi connectivity index (χ0v) is 10.5. The smallest absolute Gasteiger partial charge is 0.115 e. The van der Waals surface area contributed by atoms with Gasteiger partial charge in [0.2, 0.25) is 0 Å². The molecule has 0 heterocycles. The second-order valence-electron chi connectivity index (χ2n) is 3.77. The SMILES string of the molecule is CNCc1ccc(-c2ccc(O)cc2)cc1.Cl. The van der Waals surface area contributed by atoms with Gasteiger partial charge in [0.1, 0.15) is 5.75 Å². The number of phenols is 1. The van der Waals surface area contributed by atoms with Crippen LogP contribution < -0.4 is 5.32 Å². The Morgan fingerprint density at radius 2 is 1.35 bits per heavy atom. The van der Waals surface area contributed by atoms with E-state index in [9.17, 15) is 5.11 Å². The third-order valence-corrected chi connectivity index (χ3v) is 2.54. The van der Waals surface area contributed by atoms with E-state index in [2.05, 4.69) is 29.6 Å². The maximum absolute atomic E-state index is 9.21. The van der Waals surface area contributed by atoms with E-state index in [1.165, 1.54) is 11.1 Å². The van der Waals surface area contributed by atoms with Crippen LogP contribution in [0.5, 0.6) is 5.75 Å². The third-order valence-electron chi connectivity index (χ3n) is 2.54. The van der Waals surface area contributed by atoms with Gasteiger partial charge in [-0.25, -0.2) is 0 Å². The summed E-state index contributed by atoms with van der Waals surface area (Å²) in [4.78, 5) is 0. The summed E-state index contributed by atoms with van der Waals surface area (Å²) in [7, 11) is 1.94. The molecule has 2 rings (SSSR count). The monoisotopic (exact) mass is 249 g/mol. The van der Waals surface area contributed by atoms with E-state index in [0.29, 0.717) is 5.75 Å². The highest BCUT2D eigenvalue weighted by molar-refractivity contribution is 5.85. The largest absolute Gasteiger partial charge is 0.508 e. The average Bonchev–Trinajstić information content (AvgIpc) is 2.32. The fourth-order valence-corrected chi connectivity index (χ4v) is 1.67. The van der Waals surface area contributed by atoms with E-state index >= 15 is 0 Å². The number of halogens is 1. The van der Waals surface area contributed by atoms with Gasteiger partial charge < -0.3 is 10.4 Å². The molecule has 0 aliphatic heterocycles. The maximum atomic E-state index is 9.21. The molecule has 0 amide bonds. The molecule has 0 aliphatic rings. The van der Waals surface area contributed by atoms with Gasteiger partial charge >= 0.3 is 0 Å². The summed E-state index contributed by atoms with van der Waals surface area (Å²) in [6.07, 6.45) is 0. The molecule has 2 nitrogen and oxygen atoms in total. The van der Waals surface area contributed by atoms with Crippen molar-refractivity contribution >= 4 is 12.4 Å². The highest BCUT2D eigenvalue weighted by Crippen LogP contribution is 2.22. The first-order chi connectivity index (χ1) is 7.79. The van der Waals surface area contributed by atoms with Gasteiger partial charge in [0, 0.05) is 6.54 Å². The van der Waals surface area contributed by atoms with Crippen LogP contribution in [-0.2, 0) is 6.54 Å². The Hall–Kier alpha value is -1.51. The summed E-state index contributed by atoms with van der Waals surface area (Å²) in [5, 5.41) is 12.3. The van der Waals surface area contributed by atoms with Crippen molar-refractivity contribution < 1.29 is 5.11 Å². The van der Waals surface area contributed by atoms with Crippen LogP contribution in [-0.4, -0.2) is 12.2 Å². The lowest BCUT2D eigenvalue weighted by atomic mass is 10.0. The van der Waals surface area contributed by atoms with Crippen molar-refractivity contribution in [3.8, 4) is 16.9 Å². The van der Waals surface area contributed by atoms with Gasteiger partial charge in [0.15, 0.2) is 0 Å². The van der Waals surface area contributed by atoms with Gasteiger partial charge in [-0.15, -0.1) is 12.4 Å². The van der Waals surface area contributed by atoms with Crippen LogP contribution in [0, 0.1) is 0 Å². The topological polar surface area (TPSA) is 32.3 Å². The second kappa shape index (κ2) is 6.28. The Bertz CT molecular complexity index is 451. The van der Waals surface area contributed by atoms with Crippen molar-refractivity contribution in [2.45, 2.75) is 6.54 Å². The van der Waals surface area contributed by atoms with E-state index in [1.54, 1.807) is 12.1 Å². The van der Waals surface area contributed by atoms with Gasteiger partial charge in [-0.3, -0.25) is 0 Å². The lowest BCUT2D eigenvalue weighted by Crippen LogP contribution is -2.04. The van der Waals surface area contributed by atoms with Gasteiger partial charge in [-0.2, -0.15) is 0 Å². The molecule has 0 aromatic heterocycles. The summed E-state index contributed by atoms with van der Waals surface area (Å²) < 4.78 is 0. The standard InChI is InChI=1S/C14H15NO.ClH/c1-15-10-11-2-4-12(5-3-11)13-6-8-14(16)9-7-13;/h2-9,15-16H,10H2,1H3;1H. The van der Waals surface area contributed by atoms with Crippen LogP contribution in [0.2, 0.25) is 0 Å². The molecule has 2 aromatic rings. The van der Waals surface area contributed by atoms with E-state index in [1.807, 2.05) is 19.2 Å². The predicted octanol–water partition coefficient (Wildman–Crippen LogP) is 3.20. The van der Waals surface area contributed by atoms with Gasteiger partial charge in [-0.05, 0) is 35.9 Å². The Labute approximate surface area is 108 Å². The molecule has 0 bridgehead atoms. The van der Waals surface area contributed by atoms with Crippen LogP contribution in [0.4, 0.5) is 0 Å². The molecule has 2 N–H and O–H groups in total. The molecule has 3 heteroatoms. The second-order valence-corrected chi connectivity index (χ2v) is 3.77. The number of nitrogens with one attached hydrogen (secondary N) is 1. The Kier molecular flexibility index (Phi) is 5.01. The lowest BCUT2D eigenvalue weighted by Gasteiger charge is -2.04. The average molecular weight is 250 g/mol. The lowest BCUT2D eigenvalue weighted by molar-refractivity contribution is 0.475. The van der Waals surface area contributed by atoms with Crippen molar-refractivity contribution in [1.29, 1.82) is 0 Å². The van der Waals surface area contributed by atoms with Gasteiger partial charge in [0.05, 0.1) is 0 Å². The summed E-state index contributed by atoms with van der Waals surface area (Å²) >= 11 is 0. The van der Waals surface area contributed by atoms with Crippen molar-refractivity contribution in [2.75, 3.05) is 7.05 Å². The molecule has 0 saturated heterocycles. The first-order valence-electron chi connectivity index (χ1n) is 5.32. The van der Waals surface area contributed by atoms with Gasteiger partial charge in [0.25, 0.3) is 0 Å². The first kappa shape index (κ1) is 13.6. The Morgan fingerprint density at radius 1 is 0.882 bits per heavy atom. The fourth-order valence-electron chi connectivity index (χ4n) is 1.67. The van der Waals surface area contributed by atoms with Crippen molar-refractivity contribution in [1.82, 2.24) is 5.32 Å². The maximum Gasteiger partial charge on any atom is 0.115 e. The molecular formula is C14H16ClNO. The van der Waals surface area contributed by atoms with Crippen LogP contribution in [0.1, 0.15) is 5.56 Å². The minimum absolute atomic E-state index is 0. The van der Waals surface area contributed by atoms with Crippen molar-refractivity contribution in [2.24, 2.45) is 0 Å². The third kappa shape index (κ3) is 3.48. The number of phenolic OH excluding ortho intramolecular Hbond substituents is 1. The minimum Gasteiger partial charge on any atom is -0.508 e.